The number of rotatable bonds is 0. The Morgan fingerprint density at radius 1 is 1.00 bits per heavy atom. The van der Waals surface area contributed by atoms with Crippen LogP contribution in [0.2, 0.25) is 0 Å². The Labute approximate surface area is 85.9 Å². The van der Waals surface area contributed by atoms with E-state index in [1.807, 2.05) is 0 Å². The molecule has 15 heavy (non-hydrogen) atoms. The molecular formula is C10H13F3N2. The van der Waals surface area contributed by atoms with Gasteiger partial charge in [-0.1, -0.05) is 12.8 Å². The van der Waals surface area contributed by atoms with Crippen LogP contribution in [0.5, 0.6) is 0 Å². The summed E-state index contributed by atoms with van der Waals surface area (Å²) in [6.45, 7) is 0. The van der Waals surface area contributed by atoms with E-state index in [1.165, 1.54) is 0 Å². The van der Waals surface area contributed by atoms with E-state index in [2.05, 4.69) is 10.2 Å². The molecule has 0 saturated heterocycles. The second-order valence-corrected chi connectivity index (χ2v) is 3.94. The molecule has 1 aliphatic carbocycles. The SMILES string of the molecule is FC(F)(F)c1n[nH]c2c1CCCCCC2. The fourth-order valence-corrected chi connectivity index (χ4v) is 2.07. The molecule has 2 nitrogen and oxygen atoms in total. The average Bonchev–Trinajstić information content (AvgIpc) is 2.46. The Morgan fingerprint density at radius 2 is 1.67 bits per heavy atom. The summed E-state index contributed by atoms with van der Waals surface area (Å²) in [7, 11) is 0. The summed E-state index contributed by atoms with van der Waals surface area (Å²) in [5, 5.41) is 5.93. The minimum atomic E-state index is -4.32. The van der Waals surface area contributed by atoms with Crippen LogP contribution < -0.4 is 0 Å². The maximum absolute atomic E-state index is 12.6. The van der Waals surface area contributed by atoms with Crippen LogP contribution in [0.1, 0.15) is 42.6 Å². The third-order valence-electron chi connectivity index (χ3n) is 2.82. The van der Waals surface area contributed by atoms with E-state index in [0.29, 0.717) is 24.1 Å². The van der Waals surface area contributed by atoms with E-state index in [-0.39, 0.29) is 0 Å². The number of alkyl halides is 3. The van der Waals surface area contributed by atoms with Crippen LogP contribution in [0.3, 0.4) is 0 Å². The van der Waals surface area contributed by atoms with Crippen molar-refractivity contribution >= 4 is 0 Å². The molecule has 1 aliphatic rings. The van der Waals surface area contributed by atoms with Gasteiger partial charge in [0.25, 0.3) is 0 Å². The van der Waals surface area contributed by atoms with Gasteiger partial charge in [0.1, 0.15) is 0 Å². The Morgan fingerprint density at radius 3 is 2.33 bits per heavy atom. The number of nitrogens with one attached hydrogen (secondary N) is 1. The van der Waals surface area contributed by atoms with Gasteiger partial charge in [0.05, 0.1) is 0 Å². The zero-order chi connectivity index (χ0) is 10.9. The topological polar surface area (TPSA) is 28.7 Å². The molecule has 0 fully saturated rings. The van der Waals surface area contributed by atoms with Crippen molar-refractivity contribution in [3.63, 3.8) is 0 Å². The zero-order valence-corrected chi connectivity index (χ0v) is 8.32. The largest absolute Gasteiger partial charge is 0.435 e. The van der Waals surface area contributed by atoms with Gasteiger partial charge in [-0.05, 0) is 25.7 Å². The lowest BCUT2D eigenvalue weighted by Crippen LogP contribution is -2.10. The summed E-state index contributed by atoms with van der Waals surface area (Å²) >= 11 is 0. The molecule has 0 atom stereocenters. The van der Waals surface area contributed by atoms with Gasteiger partial charge in [-0.2, -0.15) is 18.3 Å². The number of halogens is 3. The second-order valence-electron chi connectivity index (χ2n) is 3.94. The van der Waals surface area contributed by atoms with E-state index in [1.54, 1.807) is 0 Å². The minimum absolute atomic E-state index is 0.391. The number of aromatic nitrogens is 2. The van der Waals surface area contributed by atoms with E-state index < -0.39 is 11.9 Å². The first-order valence-corrected chi connectivity index (χ1v) is 5.22. The van der Waals surface area contributed by atoms with Gasteiger partial charge in [0.2, 0.25) is 0 Å². The van der Waals surface area contributed by atoms with Crippen molar-refractivity contribution in [2.75, 3.05) is 0 Å². The van der Waals surface area contributed by atoms with Crippen LogP contribution in [0.25, 0.3) is 0 Å². The molecule has 84 valence electrons. The highest BCUT2D eigenvalue weighted by Gasteiger charge is 2.37. The summed E-state index contributed by atoms with van der Waals surface area (Å²) in [4.78, 5) is 0. The number of aromatic amines is 1. The molecule has 1 aromatic rings. The summed E-state index contributed by atoms with van der Waals surface area (Å²) in [5.74, 6) is 0. The van der Waals surface area contributed by atoms with Crippen molar-refractivity contribution < 1.29 is 13.2 Å². The monoisotopic (exact) mass is 218 g/mol. The molecule has 1 heterocycles. The van der Waals surface area contributed by atoms with E-state index >= 15 is 0 Å². The van der Waals surface area contributed by atoms with Crippen LogP contribution in [0.15, 0.2) is 0 Å². The number of hydrogen-bond donors (Lipinski definition) is 1. The normalized spacial score (nSPS) is 18.1. The van der Waals surface area contributed by atoms with Gasteiger partial charge in [-0.3, -0.25) is 5.10 Å². The quantitative estimate of drug-likeness (QED) is 0.712. The molecule has 0 bridgehead atoms. The zero-order valence-electron chi connectivity index (χ0n) is 8.32. The molecule has 2 rings (SSSR count). The first kappa shape index (κ1) is 10.5. The maximum atomic E-state index is 12.6. The molecule has 0 radical (unpaired) electrons. The van der Waals surface area contributed by atoms with Gasteiger partial charge in [-0.25, -0.2) is 0 Å². The lowest BCUT2D eigenvalue weighted by molar-refractivity contribution is -0.141. The number of aryl methyl sites for hydroxylation is 1. The number of nitrogens with zero attached hydrogens (tertiary/aromatic N) is 1. The van der Waals surface area contributed by atoms with Crippen LogP contribution in [-0.2, 0) is 19.0 Å². The third kappa shape index (κ3) is 2.16. The summed E-state index contributed by atoms with van der Waals surface area (Å²) < 4.78 is 37.7. The van der Waals surface area contributed by atoms with Crippen LogP contribution >= 0.6 is 0 Å². The van der Waals surface area contributed by atoms with Gasteiger partial charge >= 0.3 is 6.18 Å². The fraction of sp³-hybridized carbons (Fsp3) is 0.700. The van der Waals surface area contributed by atoms with Gasteiger partial charge < -0.3 is 0 Å². The molecule has 1 aromatic heterocycles. The first-order valence-electron chi connectivity index (χ1n) is 5.22. The Hall–Kier alpha value is -1.00. The highest BCUT2D eigenvalue weighted by atomic mass is 19.4. The van der Waals surface area contributed by atoms with Gasteiger partial charge in [-0.15, -0.1) is 0 Å². The fourth-order valence-electron chi connectivity index (χ4n) is 2.07. The molecule has 5 heteroatoms. The minimum Gasteiger partial charge on any atom is -0.282 e. The van der Waals surface area contributed by atoms with Crippen molar-refractivity contribution in [2.45, 2.75) is 44.7 Å². The Balaban J connectivity index is 2.34. The molecule has 0 amide bonds. The second kappa shape index (κ2) is 3.87. The Bertz CT molecular complexity index is 341. The molecular weight excluding hydrogens is 205 g/mol. The average molecular weight is 218 g/mol. The highest BCUT2D eigenvalue weighted by molar-refractivity contribution is 5.28. The first-order chi connectivity index (χ1) is 7.09. The van der Waals surface area contributed by atoms with Crippen LogP contribution in [-0.4, -0.2) is 10.2 Å². The number of fused-ring (bicyclic) bond motifs is 1. The van der Waals surface area contributed by atoms with Crippen molar-refractivity contribution in [1.82, 2.24) is 10.2 Å². The lowest BCUT2D eigenvalue weighted by Gasteiger charge is -2.11. The molecule has 0 saturated carbocycles. The van der Waals surface area contributed by atoms with Crippen molar-refractivity contribution in [2.24, 2.45) is 0 Å². The number of hydrogen-bond acceptors (Lipinski definition) is 1. The molecule has 0 unspecified atom stereocenters. The highest BCUT2D eigenvalue weighted by Crippen LogP contribution is 2.33. The van der Waals surface area contributed by atoms with E-state index in [0.717, 1.165) is 25.7 Å². The maximum Gasteiger partial charge on any atom is 0.435 e. The van der Waals surface area contributed by atoms with Crippen molar-refractivity contribution in [3.8, 4) is 0 Å². The Kier molecular flexibility index (Phi) is 2.71. The lowest BCUT2D eigenvalue weighted by atomic mass is 9.97. The predicted molar refractivity (Wildman–Crippen MR) is 49.5 cm³/mol. The van der Waals surface area contributed by atoms with Crippen molar-refractivity contribution in [1.29, 1.82) is 0 Å². The molecule has 0 aromatic carbocycles. The molecule has 1 N–H and O–H groups in total. The molecule has 0 aliphatic heterocycles. The summed E-state index contributed by atoms with van der Waals surface area (Å²) in [6, 6.07) is 0. The standard InChI is InChI=1S/C10H13F3N2/c11-10(12,13)9-7-5-3-1-2-4-6-8(7)14-15-9/h1-6H2,(H,14,15). The smallest absolute Gasteiger partial charge is 0.282 e. The van der Waals surface area contributed by atoms with Gasteiger partial charge in [0.15, 0.2) is 5.69 Å². The van der Waals surface area contributed by atoms with Gasteiger partial charge in [0, 0.05) is 11.3 Å². The van der Waals surface area contributed by atoms with Crippen molar-refractivity contribution in [3.05, 3.63) is 17.0 Å². The summed E-state index contributed by atoms with van der Waals surface area (Å²) in [5.41, 5.74) is 0.364. The van der Waals surface area contributed by atoms with Crippen LogP contribution in [0.4, 0.5) is 13.2 Å². The third-order valence-corrected chi connectivity index (χ3v) is 2.82. The number of H-pyrrole nitrogens is 1. The predicted octanol–water partition coefficient (Wildman–Crippen LogP) is 3.09. The molecule has 0 spiro atoms. The van der Waals surface area contributed by atoms with Crippen LogP contribution in [0, 0.1) is 0 Å². The van der Waals surface area contributed by atoms with E-state index in [9.17, 15) is 13.2 Å². The summed E-state index contributed by atoms with van der Waals surface area (Å²) in [6.07, 6.45) is 0.770. The van der Waals surface area contributed by atoms with E-state index in [4.69, 9.17) is 0 Å².